The molecule has 0 fully saturated rings. The average Bonchev–Trinajstić information content (AvgIpc) is 2.66. The molecular weight excluding hydrogens is 340 g/mol. The first kappa shape index (κ1) is 20.5. The molecule has 5 heteroatoms. The van der Waals surface area contributed by atoms with Gasteiger partial charge in [0.25, 0.3) is 11.8 Å². The Kier molecular flexibility index (Phi) is 7.41. The summed E-state index contributed by atoms with van der Waals surface area (Å²) >= 11 is 0. The van der Waals surface area contributed by atoms with E-state index in [9.17, 15) is 9.59 Å². The molecule has 0 spiro atoms. The molecule has 2 rings (SSSR count). The third-order valence-corrected chi connectivity index (χ3v) is 4.07. The summed E-state index contributed by atoms with van der Waals surface area (Å²) in [6, 6.07) is 14.0. The van der Waals surface area contributed by atoms with Gasteiger partial charge in [0, 0.05) is 30.4 Å². The standard InChI is InChI=1S/C22H28N2O3/c1-5-6-15-24(4)22(26)18-9-7-17(8-10-18)21(25)23-19-11-13-20(14-12-19)27-16(2)3/h7-14,16H,5-6,15H2,1-4H3,(H,23,25). The summed E-state index contributed by atoms with van der Waals surface area (Å²) in [7, 11) is 1.80. The van der Waals surface area contributed by atoms with Gasteiger partial charge in [-0.15, -0.1) is 0 Å². The Morgan fingerprint density at radius 1 is 1.00 bits per heavy atom. The Bertz CT molecular complexity index is 752. The van der Waals surface area contributed by atoms with Crippen LogP contribution in [0.2, 0.25) is 0 Å². The Hall–Kier alpha value is -2.82. The SMILES string of the molecule is CCCCN(C)C(=O)c1ccc(C(=O)Nc2ccc(OC(C)C)cc2)cc1. The molecule has 2 amide bonds. The third-order valence-electron chi connectivity index (χ3n) is 4.07. The number of nitrogens with zero attached hydrogens (tertiary/aromatic N) is 1. The quantitative estimate of drug-likeness (QED) is 0.741. The molecule has 0 aliphatic heterocycles. The van der Waals surface area contributed by atoms with Gasteiger partial charge in [0.1, 0.15) is 5.75 Å². The van der Waals surface area contributed by atoms with Gasteiger partial charge in [0.05, 0.1) is 6.10 Å². The van der Waals surface area contributed by atoms with Crippen molar-refractivity contribution in [1.29, 1.82) is 0 Å². The van der Waals surface area contributed by atoms with Gasteiger partial charge in [-0.3, -0.25) is 9.59 Å². The second kappa shape index (κ2) is 9.76. The van der Waals surface area contributed by atoms with Crippen molar-refractivity contribution in [2.75, 3.05) is 18.9 Å². The maximum atomic E-state index is 12.4. The predicted octanol–water partition coefficient (Wildman–Crippen LogP) is 4.60. The van der Waals surface area contributed by atoms with Gasteiger partial charge in [0.15, 0.2) is 0 Å². The van der Waals surface area contributed by atoms with E-state index in [1.54, 1.807) is 48.3 Å². The summed E-state index contributed by atoms with van der Waals surface area (Å²) in [5, 5.41) is 2.85. The number of carbonyl (C=O) groups is 2. The minimum absolute atomic E-state index is 0.0313. The molecule has 0 radical (unpaired) electrons. The highest BCUT2D eigenvalue weighted by molar-refractivity contribution is 6.05. The van der Waals surface area contributed by atoms with Crippen molar-refractivity contribution in [3.8, 4) is 5.75 Å². The van der Waals surface area contributed by atoms with E-state index in [0.29, 0.717) is 16.8 Å². The van der Waals surface area contributed by atoms with Crippen molar-refractivity contribution >= 4 is 17.5 Å². The minimum atomic E-state index is -0.217. The number of carbonyl (C=O) groups excluding carboxylic acids is 2. The third kappa shape index (κ3) is 6.13. The molecule has 0 atom stereocenters. The van der Waals surface area contributed by atoms with Gasteiger partial charge < -0.3 is 15.0 Å². The fourth-order valence-corrected chi connectivity index (χ4v) is 2.57. The number of nitrogens with one attached hydrogen (secondary N) is 1. The number of hydrogen-bond acceptors (Lipinski definition) is 3. The van der Waals surface area contributed by atoms with Crippen LogP contribution in [0.15, 0.2) is 48.5 Å². The summed E-state index contributed by atoms with van der Waals surface area (Å²) in [6.45, 7) is 6.75. The average molecular weight is 368 g/mol. The largest absolute Gasteiger partial charge is 0.491 e. The fraction of sp³-hybridized carbons (Fsp3) is 0.364. The number of amides is 2. The molecule has 0 unspecified atom stereocenters. The van der Waals surface area contributed by atoms with E-state index < -0.39 is 0 Å². The van der Waals surface area contributed by atoms with Crippen molar-refractivity contribution < 1.29 is 14.3 Å². The van der Waals surface area contributed by atoms with Crippen molar-refractivity contribution in [3.63, 3.8) is 0 Å². The van der Waals surface area contributed by atoms with Gasteiger partial charge in [-0.2, -0.15) is 0 Å². The summed E-state index contributed by atoms with van der Waals surface area (Å²) in [5.74, 6) is 0.514. The zero-order valence-corrected chi connectivity index (χ0v) is 16.5. The van der Waals surface area contributed by atoms with E-state index in [1.165, 1.54) is 0 Å². The summed E-state index contributed by atoms with van der Waals surface area (Å²) in [6.07, 6.45) is 2.12. The minimum Gasteiger partial charge on any atom is -0.491 e. The van der Waals surface area contributed by atoms with Crippen LogP contribution in [0.25, 0.3) is 0 Å². The molecule has 2 aromatic carbocycles. The summed E-state index contributed by atoms with van der Waals surface area (Å²) < 4.78 is 5.59. The zero-order valence-electron chi connectivity index (χ0n) is 16.5. The van der Waals surface area contributed by atoms with Crippen molar-refractivity contribution in [2.24, 2.45) is 0 Å². The topological polar surface area (TPSA) is 58.6 Å². The van der Waals surface area contributed by atoms with Crippen LogP contribution in [0.5, 0.6) is 5.75 Å². The number of anilines is 1. The lowest BCUT2D eigenvalue weighted by atomic mass is 10.1. The lowest BCUT2D eigenvalue weighted by Crippen LogP contribution is -2.27. The molecule has 0 aromatic heterocycles. The first-order valence-electron chi connectivity index (χ1n) is 9.34. The smallest absolute Gasteiger partial charge is 0.255 e. The van der Waals surface area contributed by atoms with Gasteiger partial charge in [-0.1, -0.05) is 13.3 Å². The van der Waals surface area contributed by atoms with Gasteiger partial charge in [-0.05, 0) is 68.8 Å². The number of hydrogen-bond donors (Lipinski definition) is 1. The van der Waals surface area contributed by atoms with E-state index in [-0.39, 0.29) is 17.9 Å². The summed E-state index contributed by atoms with van der Waals surface area (Å²) in [5.41, 5.74) is 1.78. The second-order valence-corrected chi connectivity index (χ2v) is 6.80. The highest BCUT2D eigenvalue weighted by atomic mass is 16.5. The number of benzene rings is 2. The molecule has 0 bridgehead atoms. The molecule has 0 saturated heterocycles. The molecule has 5 nitrogen and oxygen atoms in total. The lowest BCUT2D eigenvalue weighted by Gasteiger charge is -2.16. The Balaban J connectivity index is 1.98. The van der Waals surface area contributed by atoms with Gasteiger partial charge in [0.2, 0.25) is 0 Å². The maximum Gasteiger partial charge on any atom is 0.255 e. The van der Waals surface area contributed by atoms with E-state index in [1.807, 2.05) is 26.0 Å². The Morgan fingerprint density at radius 2 is 1.59 bits per heavy atom. The Morgan fingerprint density at radius 3 is 2.15 bits per heavy atom. The Labute approximate surface area is 161 Å². The highest BCUT2D eigenvalue weighted by Crippen LogP contribution is 2.18. The van der Waals surface area contributed by atoms with E-state index in [0.717, 1.165) is 25.1 Å². The van der Waals surface area contributed by atoms with Crippen molar-refractivity contribution in [1.82, 2.24) is 4.90 Å². The summed E-state index contributed by atoms with van der Waals surface area (Å²) in [4.78, 5) is 26.4. The first-order chi connectivity index (χ1) is 12.9. The van der Waals surface area contributed by atoms with Crippen LogP contribution < -0.4 is 10.1 Å². The number of ether oxygens (including phenoxy) is 1. The van der Waals surface area contributed by atoms with Crippen LogP contribution >= 0.6 is 0 Å². The molecular formula is C22H28N2O3. The van der Waals surface area contributed by atoms with Crippen LogP contribution in [-0.2, 0) is 0 Å². The number of unbranched alkanes of at least 4 members (excludes halogenated alkanes) is 1. The highest BCUT2D eigenvalue weighted by Gasteiger charge is 2.12. The molecule has 1 N–H and O–H groups in total. The molecule has 0 heterocycles. The molecule has 27 heavy (non-hydrogen) atoms. The molecule has 2 aromatic rings. The first-order valence-corrected chi connectivity index (χ1v) is 9.34. The molecule has 144 valence electrons. The van der Waals surface area contributed by atoms with Crippen LogP contribution in [0.3, 0.4) is 0 Å². The van der Waals surface area contributed by atoms with E-state index in [2.05, 4.69) is 12.2 Å². The van der Waals surface area contributed by atoms with Crippen molar-refractivity contribution in [2.45, 2.75) is 39.7 Å². The monoisotopic (exact) mass is 368 g/mol. The fourth-order valence-electron chi connectivity index (χ4n) is 2.57. The number of rotatable bonds is 8. The van der Waals surface area contributed by atoms with Crippen LogP contribution in [0.1, 0.15) is 54.3 Å². The molecule has 0 aliphatic carbocycles. The zero-order chi connectivity index (χ0) is 19.8. The van der Waals surface area contributed by atoms with E-state index in [4.69, 9.17) is 4.74 Å². The second-order valence-electron chi connectivity index (χ2n) is 6.80. The maximum absolute atomic E-state index is 12.4. The van der Waals surface area contributed by atoms with Crippen LogP contribution in [0, 0.1) is 0 Å². The van der Waals surface area contributed by atoms with Crippen LogP contribution in [0.4, 0.5) is 5.69 Å². The normalized spacial score (nSPS) is 10.6. The predicted molar refractivity (Wildman–Crippen MR) is 108 cm³/mol. The molecule has 0 saturated carbocycles. The van der Waals surface area contributed by atoms with Gasteiger partial charge in [-0.25, -0.2) is 0 Å². The van der Waals surface area contributed by atoms with Crippen molar-refractivity contribution in [3.05, 3.63) is 59.7 Å². The molecule has 0 aliphatic rings. The lowest BCUT2D eigenvalue weighted by molar-refractivity contribution is 0.0792. The van der Waals surface area contributed by atoms with Crippen LogP contribution in [-0.4, -0.2) is 36.4 Å². The van der Waals surface area contributed by atoms with E-state index >= 15 is 0 Å². The van der Waals surface area contributed by atoms with Gasteiger partial charge >= 0.3 is 0 Å².